The lowest BCUT2D eigenvalue weighted by molar-refractivity contribution is 0.361. The highest BCUT2D eigenvalue weighted by Gasteiger charge is 2.64. The topological polar surface area (TPSA) is 12.5 Å². The van der Waals surface area contributed by atoms with E-state index in [2.05, 4.69) is 15.9 Å². The highest BCUT2D eigenvalue weighted by Crippen LogP contribution is 2.60. The van der Waals surface area contributed by atoms with Gasteiger partial charge < -0.3 is 4.74 Å². The van der Waals surface area contributed by atoms with Crippen LogP contribution in [-0.2, 0) is 4.74 Å². The van der Waals surface area contributed by atoms with E-state index in [-0.39, 0.29) is 0 Å². The molecule has 9 heavy (non-hydrogen) atoms. The minimum absolute atomic E-state index is 0.674. The Morgan fingerprint density at radius 3 is 3.00 bits per heavy atom. The van der Waals surface area contributed by atoms with Crippen molar-refractivity contribution in [1.82, 2.24) is 0 Å². The van der Waals surface area contributed by atoms with Gasteiger partial charge in [0.05, 0.1) is 12.2 Å². The van der Waals surface area contributed by atoms with Crippen LogP contribution in [0, 0.1) is 11.8 Å². The van der Waals surface area contributed by atoms with Crippen molar-refractivity contribution in [3.63, 3.8) is 0 Å². The van der Waals surface area contributed by atoms with E-state index in [4.69, 9.17) is 4.74 Å². The number of rotatable bonds is 0. The molecule has 0 aromatic rings. The number of alkyl halides is 1. The van der Waals surface area contributed by atoms with Gasteiger partial charge in [-0.2, -0.15) is 0 Å². The summed E-state index contributed by atoms with van der Waals surface area (Å²) < 4.78 is 5.47. The molecule has 2 heteroatoms. The lowest BCUT2D eigenvalue weighted by atomic mass is 10.0. The molecule has 0 spiro atoms. The van der Waals surface area contributed by atoms with Gasteiger partial charge in [-0.25, -0.2) is 0 Å². The Hall–Kier alpha value is 0.440. The lowest BCUT2D eigenvalue weighted by Gasteiger charge is -1.99. The maximum absolute atomic E-state index is 5.47. The zero-order valence-electron chi connectivity index (χ0n) is 5.09. The Morgan fingerprint density at radius 1 is 1.33 bits per heavy atom. The number of epoxide rings is 1. The number of hydrogen-bond acceptors (Lipinski definition) is 1. The molecule has 0 N–H and O–H groups in total. The largest absolute Gasteiger partial charge is 0.369 e. The molecule has 2 saturated carbocycles. The van der Waals surface area contributed by atoms with E-state index >= 15 is 0 Å². The molecule has 0 unspecified atom stereocenters. The lowest BCUT2D eigenvalue weighted by Crippen LogP contribution is -2.04. The average Bonchev–Trinajstić information content (AvgIpc) is 2.64. The van der Waals surface area contributed by atoms with E-state index in [0.29, 0.717) is 12.2 Å². The van der Waals surface area contributed by atoms with Gasteiger partial charge in [0.2, 0.25) is 0 Å². The van der Waals surface area contributed by atoms with E-state index in [9.17, 15) is 0 Å². The molecule has 0 aromatic carbocycles. The van der Waals surface area contributed by atoms with Gasteiger partial charge in [0.25, 0.3) is 0 Å². The van der Waals surface area contributed by atoms with Crippen molar-refractivity contribution in [3.05, 3.63) is 0 Å². The number of hydrogen-bond donors (Lipinski definition) is 0. The number of halogens is 1. The fraction of sp³-hybridized carbons (Fsp3) is 1.00. The van der Waals surface area contributed by atoms with Crippen molar-refractivity contribution >= 4 is 15.9 Å². The van der Waals surface area contributed by atoms with E-state index < -0.39 is 0 Å². The molecule has 0 bridgehead atoms. The SMILES string of the molecule is Br[C@H]1[C@@H]2CC[C@H]3O[C@H]3[C@@H]12. The zero-order valence-corrected chi connectivity index (χ0v) is 6.67. The summed E-state index contributed by atoms with van der Waals surface area (Å²) in [5, 5.41) is 0. The third-order valence-corrected chi connectivity index (χ3v) is 4.21. The molecule has 1 saturated heterocycles. The molecule has 3 rings (SSSR count). The van der Waals surface area contributed by atoms with Crippen molar-refractivity contribution < 1.29 is 4.74 Å². The van der Waals surface area contributed by atoms with E-state index in [0.717, 1.165) is 16.7 Å². The van der Waals surface area contributed by atoms with Gasteiger partial charge in [-0.1, -0.05) is 15.9 Å². The van der Waals surface area contributed by atoms with Crippen LogP contribution in [-0.4, -0.2) is 17.0 Å². The third-order valence-electron chi connectivity index (χ3n) is 2.92. The Bertz CT molecular complexity index is 157. The number of ether oxygens (including phenoxy) is 1. The van der Waals surface area contributed by atoms with Crippen molar-refractivity contribution in [1.29, 1.82) is 0 Å². The first-order valence-electron chi connectivity index (χ1n) is 3.67. The van der Waals surface area contributed by atoms with Crippen molar-refractivity contribution in [2.24, 2.45) is 11.8 Å². The van der Waals surface area contributed by atoms with Crippen molar-refractivity contribution in [3.8, 4) is 0 Å². The molecular weight excluding hydrogens is 180 g/mol. The van der Waals surface area contributed by atoms with Crippen LogP contribution >= 0.6 is 15.9 Å². The second-order valence-corrected chi connectivity index (χ2v) is 4.46. The van der Waals surface area contributed by atoms with Gasteiger partial charge in [0.1, 0.15) is 0 Å². The summed E-state index contributed by atoms with van der Waals surface area (Å²) in [5.41, 5.74) is 0. The van der Waals surface area contributed by atoms with E-state index in [1.807, 2.05) is 0 Å². The minimum Gasteiger partial charge on any atom is -0.369 e. The molecule has 1 nitrogen and oxygen atoms in total. The molecule has 0 amide bonds. The smallest absolute Gasteiger partial charge is 0.0883 e. The molecular formula is C7H9BrO. The first-order valence-corrected chi connectivity index (χ1v) is 4.59. The molecule has 3 aliphatic rings. The summed E-state index contributed by atoms with van der Waals surface area (Å²) in [5.74, 6) is 1.89. The fourth-order valence-corrected chi connectivity index (χ4v) is 3.35. The average molecular weight is 189 g/mol. The first-order chi connectivity index (χ1) is 4.38. The van der Waals surface area contributed by atoms with Crippen LogP contribution in [0.25, 0.3) is 0 Å². The molecule has 5 atom stereocenters. The minimum atomic E-state index is 0.674. The highest BCUT2D eigenvalue weighted by molar-refractivity contribution is 9.09. The Balaban J connectivity index is 1.86. The molecule has 50 valence electrons. The van der Waals surface area contributed by atoms with Gasteiger partial charge in [0.15, 0.2) is 0 Å². The summed E-state index contributed by atoms with van der Waals surface area (Å²) in [7, 11) is 0. The monoisotopic (exact) mass is 188 g/mol. The highest BCUT2D eigenvalue weighted by atomic mass is 79.9. The van der Waals surface area contributed by atoms with Crippen molar-refractivity contribution in [2.45, 2.75) is 29.9 Å². The predicted octanol–water partition coefficient (Wildman–Crippen LogP) is 1.56. The Morgan fingerprint density at radius 2 is 2.22 bits per heavy atom. The maximum atomic E-state index is 5.47. The zero-order chi connectivity index (χ0) is 6.01. The normalized spacial score (nSPS) is 68.3. The summed E-state index contributed by atoms with van der Waals surface area (Å²) >= 11 is 3.66. The summed E-state index contributed by atoms with van der Waals surface area (Å²) in [6.45, 7) is 0. The second kappa shape index (κ2) is 1.37. The second-order valence-electron chi connectivity index (χ2n) is 3.40. The van der Waals surface area contributed by atoms with Gasteiger partial charge >= 0.3 is 0 Å². The summed E-state index contributed by atoms with van der Waals surface area (Å²) in [4.78, 5) is 0.815. The van der Waals surface area contributed by atoms with Gasteiger partial charge in [-0.05, 0) is 18.8 Å². The van der Waals surface area contributed by atoms with Crippen LogP contribution in [0.5, 0.6) is 0 Å². The van der Waals surface area contributed by atoms with Crippen LogP contribution in [0.15, 0.2) is 0 Å². The van der Waals surface area contributed by atoms with Gasteiger partial charge in [0, 0.05) is 10.7 Å². The van der Waals surface area contributed by atoms with E-state index in [1.54, 1.807) is 0 Å². The van der Waals surface area contributed by atoms with Crippen LogP contribution in [0.2, 0.25) is 0 Å². The molecule has 0 aromatic heterocycles. The summed E-state index contributed by atoms with van der Waals surface area (Å²) in [6.07, 6.45) is 4.08. The van der Waals surface area contributed by atoms with Gasteiger partial charge in [-0.15, -0.1) is 0 Å². The van der Waals surface area contributed by atoms with Crippen LogP contribution in [0.3, 0.4) is 0 Å². The molecule has 2 aliphatic carbocycles. The summed E-state index contributed by atoms with van der Waals surface area (Å²) in [6, 6.07) is 0. The standard InChI is InChI=1S/C7H9BrO/c8-6-3-1-2-4-7(9-4)5(3)6/h3-7H,1-2H2/t3-,4-,5-,6+,7-/m1/s1. The Labute approximate surface area is 62.9 Å². The van der Waals surface area contributed by atoms with Crippen molar-refractivity contribution in [2.75, 3.05) is 0 Å². The maximum Gasteiger partial charge on any atom is 0.0883 e. The predicted molar refractivity (Wildman–Crippen MR) is 37.6 cm³/mol. The molecule has 1 heterocycles. The van der Waals surface area contributed by atoms with Crippen LogP contribution in [0.1, 0.15) is 12.8 Å². The van der Waals surface area contributed by atoms with Gasteiger partial charge in [-0.3, -0.25) is 0 Å². The third kappa shape index (κ3) is 0.541. The molecule has 1 aliphatic heterocycles. The van der Waals surface area contributed by atoms with E-state index in [1.165, 1.54) is 12.8 Å². The molecule has 0 radical (unpaired) electrons. The fourth-order valence-electron chi connectivity index (χ4n) is 2.22. The van der Waals surface area contributed by atoms with Crippen LogP contribution < -0.4 is 0 Å². The quantitative estimate of drug-likeness (QED) is 0.416. The first kappa shape index (κ1) is 5.14. The Kier molecular flexibility index (Phi) is 0.784. The molecule has 3 fully saturated rings. The van der Waals surface area contributed by atoms with Crippen LogP contribution in [0.4, 0.5) is 0 Å². The number of fused-ring (bicyclic) bond motifs is 3.